The zero-order chi connectivity index (χ0) is 13.0. The lowest BCUT2D eigenvalue weighted by atomic mass is 9.73. The van der Waals surface area contributed by atoms with Crippen LogP contribution in [0.2, 0.25) is 0 Å². The molecule has 1 aromatic rings. The first-order chi connectivity index (χ1) is 8.55. The molecule has 0 amide bonds. The maximum atomic E-state index is 2.50. The molecule has 18 heavy (non-hydrogen) atoms. The molecule has 0 nitrogen and oxygen atoms in total. The Kier molecular flexibility index (Phi) is 4.55. The third-order valence-electron chi connectivity index (χ3n) is 3.90. The van der Waals surface area contributed by atoms with Gasteiger partial charge in [-0.3, -0.25) is 0 Å². The summed E-state index contributed by atoms with van der Waals surface area (Å²) in [5, 5.41) is 0. The SMILES string of the molecule is CC(C)(C)C1CC=C(CSc2ccccc2)CC1. The van der Waals surface area contributed by atoms with E-state index in [0.717, 1.165) is 5.92 Å². The summed E-state index contributed by atoms with van der Waals surface area (Å²) in [5.41, 5.74) is 2.11. The van der Waals surface area contributed by atoms with Crippen LogP contribution in [0.15, 0.2) is 46.9 Å². The van der Waals surface area contributed by atoms with Crippen molar-refractivity contribution in [2.24, 2.45) is 11.3 Å². The minimum atomic E-state index is 0.467. The van der Waals surface area contributed by atoms with Gasteiger partial charge in [0.1, 0.15) is 0 Å². The molecule has 1 aliphatic carbocycles. The van der Waals surface area contributed by atoms with Crippen molar-refractivity contribution < 1.29 is 0 Å². The van der Waals surface area contributed by atoms with Crippen molar-refractivity contribution in [2.45, 2.75) is 44.9 Å². The van der Waals surface area contributed by atoms with E-state index < -0.39 is 0 Å². The number of rotatable bonds is 3. The van der Waals surface area contributed by atoms with Gasteiger partial charge < -0.3 is 0 Å². The van der Waals surface area contributed by atoms with Crippen molar-refractivity contribution in [1.29, 1.82) is 0 Å². The second-order valence-electron chi connectivity index (χ2n) is 6.30. The van der Waals surface area contributed by atoms with Crippen molar-refractivity contribution in [3.05, 3.63) is 42.0 Å². The van der Waals surface area contributed by atoms with Crippen molar-refractivity contribution in [2.75, 3.05) is 5.75 Å². The highest BCUT2D eigenvalue weighted by Gasteiger charge is 2.25. The molecule has 0 aromatic heterocycles. The maximum absolute atomic E-state index is 2.50. The van der Waals surface area contributed by atoms with Gasteiger partial charge in [-0.25, -0.2) is 0 Å². The number of hydrogen-bond acceptors (Lipinski definition) is 1. The summed E-state index contributed by atoms with van der Waals surface area (Å²) in [7, 11) is 0. The van der Waals surface area contributed by atoms with Crippen molar-refractivity contribution in [3.63, 3.8) is 0 Å². The Hall–Kier alpha value is -0.690. The van der Waals surface area contributed by atoms with Crippen LogP contribution in [0, 0.1) is 11.3 Å². The summed E-state index contributed by atoms with van der Waals surface area (Å²) in [5.74, 6) is 2.03. The van der Waals surface area contributed by atoms with Crippen LogP contribution in [-0.4, -0.2) is 5.75 Å². The van der Waals surface area contributed by atoms with Crippen LogP contribution >= 0.6 is 11.8 Å². The number of allylic oxidation sites excluding steroid dienone is 1. The quantitative estimate of drug-likeness (QED) is 0.507. The molecule has 0 aliphatic heterocycles. The molecule has 1 aliphatic rings. The summed E-state index contributed by atoms with van der Waals surface area (Å²) in [4.78, 5) is 1.39. The van der Waals surface area contributed by atoms with E-state index in [1.807, 2.05) is 11.8 Å². The second-order valence-corrected chi connectivity index (χ2v) is 7.35. The molecule has 1 atom stereocenters. The van der Waals surface area contributed by atoms with Crippen LogP contribution in [0.3, 0.4) is 0 Å². The summed E-state index contributed by atoms with van der Waals surface area (Å²) < 4.78 is 0. The lowest BCUT2D eigenvalue weighted by Gasteiger charge is -2.33. The van der Waals surface area contributed by atoms with Gasteiger partial charge in [-0.15, -0.1) is 11.8 Å². The summed E-state index contributed by atoms with van der Waals surface area (Å²) >= 11 is 1.97. The minimum absolute atomic E-state index is 0.467. The van der Waals surface area contributed by atoms with Crippen LogP contribution in [0.25, 0.3) is 0 Å². The third-order valence-corrected chi connectivity index (χ3v) is 5.02. The Morgan fingerprint density at radius 3 is 2.44 bits per heavy atom. The van der Waals surface area contributed by atoms with E-state index in [1.54, 1.807) is 5.57 Å². The molecule has 0 saturated heterocycles. The predicted octanol–water partition coefficient (Wildman–Crippen LogP) is 5.55. The molecule has 0 radical (unpaired) electrons. The summed E-state index contributed by atoms with van der Waals surface area (Å²) in [6.07, 6.45) is 6.43. The van der Waals surface area contributed by atoms with Gasteiger partial charge in [0.05, 0.1) is 0 Å². The van der Waals surface area contributed by atoms with Gasteiger partial charge in [0.15, 0.2) is 0 Å². The van der Waals surface area contributed by atoms with Gasteiger partial charge in [0, 0.05) is 10.6 Å². The molecule has 0 spiro atoms. The minimum Gasteiger partial charge on any atom is -0.122 e. The van der Waals surface area contributed by atoms with Crippen LogP contribution in [0.1, 0.15) is 40.0 Å². The van der Waals surface area contributed by atoms with Crippen LogP contribution < -0.4 is 0 Å². The lowest BCUT2D eigenvalue weighted by molar-refractivity contribution is 0.221. The van der Waals surface area contributed by atoms with E-state index >= 15 is 0 Å². The molecule has 0 heterocycles. The molecule has 0 fully saturated rings. The Balaban J connectivity index is 1.84. The molecular weight excluding hydrogens is 236 g/mol. The van der Waals surface area contributed by atoms with Gasteiger partial charge in [-0.2, -0.15) is 0 Å². The fourth-order valence-electron chi connectivity index (χ4n) is 2.50. The van der Waals surface area contributed by atoms with E-state index in [-0.39, 0.29) is 0 Å². The monoisotopic (exact) mass is 260 g/mol. The third kappa shape index (κ3) is 3.91. The first-order valence-electron chi connectivity index (χ1n) is 6.91. The highest BCUT2D eigenvalue weighted by molar-refractivity contribution is 7.99. The molecule has 2 rings (SSSR count). The second kappa shape index (κ2) is 5.97. The summed E-state index contributed by atoms with van der Waals surface area (Å²) in [6, 6.07) is 10.7. The van der Waals surface area contributed by atoms with Crippen molar-refractivity contribution in [1.82, 2.24) is 0 Å². The molecule has 1 heteroatoms. The average Bonchev–Trinajstić information content (AvgIpc) is 2.37. The Morgan fingerprint density at radius 2 is 1.89 bits per heavy atom. The van der Waals surface area contributed by atoms with E-state index in [0.29, 0.717) is 5.41 Å². The molecule has 98 valence electrons. The first kappa shape index (κ1) is 13.7. The van der Waals surface area contributed by atoms with E-state index in [4.69, 9.17) is 0 Å². The largest absolute Gasteiger partial charge is 0.122 e. The Morgan fingerprint density at radius 1 is 1.17 bits per heavy atom. The topological polar surface area (TPSA) is 0 Å². The fourth-order valence-corrected chi connectivity index (χ4v) is 3.46. The smallest absolute Gasteiger partial charge is 0.0190 e. The van der Waals surface area contributed by atoms with Gasteiger partial charge >= 0.3 is 0 Å². The van der Waals surface area contributed by atoms with Crippen molar-refractivity contribution >= 4 is 11.8 Å². The van der Waals surface area contributed by atoms with E-state index in [1.165, 1.54) is 29.9 Å². The van der Waals surface area contributed by atoms with Gasteiger partial charge in [0.25, 0.3) is 0 Å². The van der Waals surface area contributed by atoms with Gasteiger partial charge in [-0.1, -0.05) is 50.6 Å². The van der Waals surface area contributed by atoms with Crippen LogP contribution in [0.5, 0.6) is 0 Å². The molecule has 0 bridgehead atoms. The predicted molar refractivity (Wildman–Crippen MR) is 82.0 cm³/mol. The zero-order valence-electron chi connectivity index (χ0n) is 11.8. The molecule has 1 aromatic carbocycles. The molecule has 0 saturated carbocycles. The van der Waals surface area contributed by atoms with E-state index in [2.05, 4.69) is 57.2 Å². The average molecular weight is 260 g/mol. The number of benzene rings is 1. The van der Waals surface area contributed by atoms with Crippen LogP contribution in [-0.2, 0) is 0 Å². The Bertz CT molecular complexity index is 397. The Labute approximate surface area is 116 Å². The lowest BCUT2D eigenvalue weighted by Crippen LogP contribution is -2.22. The molecule has 1 unspecified atom stereocenters. The van der Waals surface area contributed by atoms with Crippen LogP contribution in [0.4, 0.5) is 0 Å². The summed E-state index contributed by atoms with van der Waals surface area (Å²) in [6.45, 7) is 7.11. The first-order valence-corrected chi connectivity index (χ1v) is 7.90. The zero-order valence-corrected chi connectivity index (χ0v) is 12.6. The number of hydrogen-bond donors (Lipinski definition) is 0. The molecule has 0 N–H and O–H groups in total. The normalized spacial score (nSPS) is 20.6. The highest BCUT2D eigenvalue weighted by atomic mass is 32.2. The number of thioether (sulfide) groups is 1. The van der Waals surface area contributed by atoms with Crippen molar-refractivity contribution in [3.8, 4) is 0 Å². The van der Waals surface area contributed by atoms with Gasteiger partial charge in [-0.05, 0) is 42.7 Å². The fraction of sp³-hybridized carbons (Fsp3) is 0.529. The highest BCUT2D eigenvalue weighted by Crippen LogP contribution is 2.38. The maximum Gasteiger partial charge on any atom is 0.0190 e. The van der Waals surface area contributed by atoms with E-state index in [9.17, 15) is 0 Å². The molecular formula is C17H24S. The standard InChI is InChI=1S/C17H24S/c1-17(2,3)15-11-9-14(10-12-15)13-18-16-7-5-4-6-8-16/h4-9,15H,10-13H2,1-3H3. The van der Waals surface area contributed by atoms with Gasteiger partial charge in [0.2, 0.25) is 0 Å².